The van der Waals surface area contributed by atoms with Gasteiger partial charge in [-0.2, -0.15) is 0 Å². The standard InChI is InChI=1S/C29H26N2O3/c32-29-26-16-7-8-17-27(26)30-28(31(29)21-22-10-3-1-4-11-22)23-12-9-15-25(20-23)34-19-18-33-24-13-5-2-6-14-24/h1-17,20,28,30H,18-19,21H2. The minimum Gasteiger partial charge on any atom is -0.490 e. The summed E-state index contributed by atoms with van der Waals surface area (Å²) in [7, 11) is 0. The van der Waals surface area contributed by atoms with Gasteiger partial charge in [0.25, 0.3) is 5.91 Å². The van der Waals surface area contributed by atoms with Crippen LogP contribution in [-0.4, -0.2) is 24.0 Å². The molecule has 0 saturated heterocycles. The number of hydrogen-bond acceptors (Lipinski definition) is 4. The maximum absolute atomic E-state index is 13.5. The van der Waals surface area contributed by atoms with Gasteiger partial charge in [-0.15, -0.1) is 0 Å². The minimum absolute atomic E-state index is 0.00536. The quantitative estimate of drug-likeness (QED) is 0.339. The molecule has 5 nitrogen and oxygen atoms in total. The Labute approximate surface area is 199 Å². The van der Waals surface area contributed by atoms with E-state index in [1.165, 1.54) is 0 Å². The summed E-state index contributed by atoms with van der Waals surface area (Å²) >= 11 is 0. The van der Waals surface area contributed by atoms with Crippen molar-refractivity contribution in [2.45, 2.75) is 12.7 Å². The van der Waals surface area contributed by atoms with Crippen LogP contribution >= 0.6 is 0 Å². The van der Waals surface area contributed by atoms with Gasteiger partial charge in [-0.3, -0.25) is 4.79 Å². The van der Waals surface area contributed by atoms with Crippen LogP contribution in [0.15, 0.2) is 109 Å². The molecule has 170 valence electrons. The number of nitrogens with zero attached hydrogens (tertiary/aromatic N) is 1. The normalized spacial score (nSPS) is 14.8. The summed E-state index contributed by atoms with van der Waals surface area (Å²) in [6.45, 7) is 1.37. The molecule has 0 aliphatic carbocycles. The van der Waals surface area contributed by atoms with Crippen molar-refractivity contribution in [1.82, 2.24) is 4.90 Å². The number of amides is 1. The van der Waals surface area contributed by atoms with E-state index < -0.39 is 0 Å². The van der Waals surface area contributed by atoms with Gasteiger partial charge >= 0.3 is 0 Å². The lowest BCUT2D eigenvalue weighted by Gasteiger charge is -2.38. The van der Waals surface area contributed by atoms with Crippen LogP contribution in [0.2, 0.25) is 0 Å². The van der Waals surface area contributed by atoms with Gasteiger partial charge < -0.3 is 19.7 Å². The number of benzene rings is 4. The van der Waals surface area contributed by atoms with Gasteiger partial charge in [0.2, 0.25) is 0 Å². The molecule has 5 heteroatoms. The Kier molecular flexibility index (Phi) is 6.43. The maximum Gasteiger partial charge on any atom is 0.258 e. The largest absolute Gasteiger partial charge is 0.490 e. The van der Waals surface area contributed by atoms with Crippen molar-refractivity contribution >= 4 is 11.6 Å². The van der Waals surface area contributed by atoms with E-state index in [1.807, 2.05) is 114 Å². The fourth-order valence-corrected chi connectivity index (χ4v) is 4.11. The fourth-order valence-electron chi connectivity index (χ4n) is 4.11. The van der Waals surface area contributed by atoms with Crippen LogP contribution in [0, 0.1) is 0 Å². The van der Waals surface area contributed by atoms with E-state index in [4.69, 9.17) is 9.47 Å². The lowest BCUT2D eigenvalue weighted by Crippen LogP contribution is -2.42. The van der Waals surface area contributed by atoms with Crippen LogP contribution in [-0.2, 0) is 6.54 Å². The van der Waals surface area contributed by atoms with Crippen molar-refractivity contribution in [3.05, 3.63) is 126 Å². The van der Waals surface area contributed by atoms with Gasteiger partial charge in [0, 0.05) is 12.2 Å². The summed E-state index contributed by atoms with van der Waals surface area (Å²) in [5.74, 6) is 1.56. The molecular formula is C29H26N2O3. The fraction of sp³-hybridized carbons (Fsp3) is 0.138. The number of carbonyl (C=O) groups is 1. The van der Waals surface area contributed by atoms with Crippen molar-refractivity contribution in [2.75, 3.05) is 18.5 Å². The highest BCUT2D eigenvalue weighted by Crippen LogP contribution is 2.35. The first kappa shape index (κ1) is 21.6. The highest BCUT2D eigenvalue weighted by atomic mass is 16.5. The second kappa shape index (κ2) is 10.1. The molecule has 1 atom stereocenters. The first-order valence-electron chi connectivity index (χ1n) is 11.4. The molecule has 34 heavy (non-hydrogen) atoms. The Morgan fingerprint density at radius 3 is 2.15 bits per heavy atom. The molecule has 0 radical (unpaired) electrons. The third-order valence-electron chi connectivity index (χ3n) is 5.76. The Morgan fingerprint density at radius 2 is 1.35 bits per heavy atom. The van der Waals surface area contributed by atoms with Crippen LogP contribution in [0.1, 0.15) is 27.7 Å². The van der Waals surface area contributed by atoms with E-state index in [-0.39, 0.29) is 12.1 Å². The summed E-state index contributed by atoms with van der Waals surface area (Å²) in [5, 5.41) is 3.55. The smallest absolute Gasteiger partial charge is 0.258 e. The van der Waals surface area contributed by atoms with E-state index in [1.54, 1.807) is 0 Å². The van der Waals surface area contributed by atoms with Crippen molar-refractivity contribution < 1.29 is 14.3 Å². The second-order valence-corrected chi connectivity index (χ2v) is 8.09. The molecule has 4 aromatic carbocycles. The average molecular weight is 451 g/mol. The van der Waals surface area contributed by atoms with Crippen LogP contribution < -0.4 is 14.8 Å². The first-order chi connectivity index (χ1) is 16.8. The molecule has 0 aromatic heterocycles. The summed E-state index contributed by atoms with van der Waals surface area (Å²) < 4.78 is 11.7. The van der Waals surface area contributed by atoms with Crippen LogP contribution in [0.25, 0.3) is 0 Å². The zero-order chi connectivity index (χ0) is 23.2. The van der Waals surface area contributed by atoms with Gasteiger partial charge in [0.05, 0.1) is 5.56 Å². The predicted octanol–water partition coefficient (Wildman–Crippen LogP) is 5.91. The minimum atomic E-state index is -0.313. The summed E-state index contributed by atoms with van der Waals surface area (Å²) in [5.41, 5.74) is 3.55. The Balaban J connectivity index is 1.34. The SMILES string of the molecule is O=C1c2ccccc2NC(c2cccc(OCCOc3ccccc3)c2)N1Cc1ccccc1. The Morgan fingerprint density at radius 1 is 0.706 bits per heavy atom. The molecule has 1 amide bonds. The monoisotopic (exact) mass is 450 g/mol. The highest BCUT2D eigenvalue weighted by molar-refractivity contribution is 6.01. The molecule has 5 rings (SSSR count). The van der Waals surface area contributed by atoms with Crippen molar-refractivity contribution in [2.24, 2.45) is 0 Å². The van der Waals surface area contributed by atoms with Crippen LogP contribution in [0.5, 0.6) is 11.5 Å². The van der Waals surface area contributed by atoms with Gasteiger partial charge in [-0.05, 0) is 47.5 Å². The molecule has 1 unspecified atom stereocenters. The summed E-state index contributed by atoms with van der Waals surface area (Å²) in [4.78, 5) is 15.3. The zero-order valence-corrected chi connectivity index (χ0v) is 18.8. The third-order valence-corrected chi connectivity index (χ3v) is 5.76. The third kappa shape index (κ3) is 4.89. The van der Waals surface area contributed by atoms with Gasteiger partial charge in [0.15, 0.2) is 0 Å². The van der Waals surface area contributed by atoms with Crippen molar-refractivity contribution in [3.8, 4) is 11.5 Å². The second-order valence-electron chi connectivity index (χ2n) is 8.09. The molecule has 1 heterocycles. The van der Waals surface area contributed by atoms with Gasteiger partial charge in [0.1, 0.15) is 30.9 Å². The first-order valence-corrected chi connectivity index (χ1v) is 11.4. The topological polar surface area (TPSA) is 50.8 Å². The number of fused-ring (bicyclic) bond motifs is 1. The molecule has 4 aromatic rings. The number of nitrogens with one attached hydrogen (secondary N) is 1. The highest BCUT2D eigenvalue weighted by Gasteiger charge is 2.33. The van der Waals surface area contributed by atoms with E-state index in [2.05, 4.69) is 5.32 Å². The Bertz CT molecular complexity index is 1240. The molecule has 1 aliphatic rings. The van der Waals surface area contributed by atoms with E-state index >= 15 is 0 Å². The zero-order valence-electron chi connectivity index (χ0n) is 18.8. The molecule has 1 aliphatic heterocycles. The maximum atomic E-state index is 13.5. The van der Waals surface area contributed by atoms with E-state index in [0.717, 1.165) is 28.3 Å². The molecular weight excluding hydrogens is 424 g/mol. The van der Waals surface area contributed by atoms with Crippen LogP contribution in [0.3, 0.4) is 0 Å². The number of carbonyl (C=O) groups excluding carboxylic acids is 1. The lowest BCUT2D eigenvalue weighted by molar-refractivity contribution is 0.0666. The van der Waals surface area contributed by atoms with E-state index in [9.17, 15) is 4.79 Å². The van der Waals surface area contributed by atoms with Crippen LogP contribution in [0.4, 0.5) is 5.69 Å². The van der Waals surface area contributed by atoms with Gasteiger partial charge in [-0.1, -0.05) is 72.8 Å². The average Bonchev–Trinajstić information content (AvgIpc) is 2.90. The Hall–Kier alpha value is -4.25. The lowest BCUT2D eigenvalue weighted by atomic mass is 10.0. The van der Waals surface area contributed by atoms with Gasteiger partial charge in [-0.25, -0.2) is 0 Å². The van der Waals surface area contributed by atoms with E-state index in [0.29, 0.717) is 25.3 Å². The van der Waals surface area contributed by atoms with Crippen molar-refractivity contribution in [3.63, 3.8) is 0 Å². The molecule has 0 saturated carbocycles. The number of ether oxygens (including phenoxy) is 2. The molecule has 0 spiro atoms. The number of rotatable bonds is 8. The molecule has 0 bridgehead atoms. The summed E-state index contributed by atoms with van der Waals surface area (Å²) in [6, 6.07) is 35.3. The predicted molar refractivity (Wildman–Crippen MR) is 133 cm³/mol. The number of anilines is 1. The number of para-hydroxylation sites is 2. The summed E-state index contributed by atoms with van der Waals surface area (Å²) in [6.07, 6.45) is -0.313. The number of hydrogen-bond donors (Lipinski definition) is 1. The van der Waals surface area contributed by atoms with Crippen molar-refractivity contribution in [1.29, 1.82) is 0 Å². The molecule has 0 fully saturated rings. The molecule has 1 N–H and O–H groups in total.